The van der Waals surface area contributed by atoms with Crippen LogP contribution in [0.15, 0.2) is 18.2 Å². The van der Waals surface area contributed by atoms with Crippen LogP contribution >= 0.6 is 0 Å². The molecule has 0 spiro atoms. The van der Waals surface area contributed by atoms with Crippen molar-refractivity contribution in [1.82, 2.24) is 9.55 Å². The zero-order valence-electron chi connectivity index (χ0n) is 10.8. The van der Waals surface area contributed by atoms with E-state index in [4.69, 9.17) is 5.73 Å². The molecule has 4 rings (SSSR count). The molecule has 2 N–H and O–H groups in total. The van der Waals surface area contributed by atoms with E-state index in [0.717, 1.165) is 23.9 Å². The highest BCUT2D eigenvalue weighted by atomic mass is 19.1. The van der Waals surface area contributed by atoms with Gasteiger partial charge in [-0.05, 0) is 55.6 Å². The van der Waals surface area contributed by atoms with Crippen molar-refractivity contribution in [3.05, 3.63) is 24.0 Å². The van der Waals surface area contributed by atoms with E-state index in [2.05, 4.69) is 4.98 Å². The first-order chi connectivity index (χ1) is 9.24. The van der Waals surface area contributed by atoms with Gasteiger partial charge in [-0.25, -0.2) is 9.37 Å². The zero-order valence-corrected chi connectivity index (χ0v) is 10.8. The summed E-state index contributed by atoms with van der Waals surface area (Å²) in [4.78, 5) is 4.19. The van der Waals surface area contributed by atoms with E-state index in [-0.39, 0.29) is 5.82 Å². The third-order valence-corrected chi connectivity index (χ3v) is 4.61. The van der Waals surface area contributed by atoms with Crippen LogP contribution in [0.4, 0.5) is 10.3 Å². The second-order valence-electron chi connectivity index (χ2n) is 6.03. The van der Waals surface area contributed by atoms with Gasteiger partial charge in [0.15, 0.2) is 5.82 Å². The van der Waals surface area contributed by atoms with Crippen molar-refractivity contribution in [2.75, 3.05) is 5.73 Å². The van der Waals surface area contributed by atoms with Crippen molar-refractivity contribution in [2.24, 2.45) is 17.8 Å². The molecule has 19 heavy (non-hydrogen) atoms. The van der Waals surface area contributed by atoms with Gasteiger partial charge in [0.1, 0.15) is 5.52 Å². The van der Waals surface area contributed by atoms with Gasteiger partial charge in [0.25, 0.3) is 0 Å². The summed E-state index contributed by atoms with van der Waals surface area (Å²) in [6, 6.07) is 5.09. The van der Waals surface area contributed by atoms with Crippen LogP contribution in [0.2, 0.25) is 0 Å². The van der Waals surface area contributed by atoms with E-state index in [1.807, 2.05) is 10.6 Å². The number of nitrogen functional groups attached to an aromatic ring is 1. The number of rotatable bonds is 4. The van der Waals surface area contributed by atoms with Crippen molar-refractivity contribution >= 4 is 17.0 Å². The molecule has 1 aromatic heterocycles. The average molecular weight is 259 g/mol. The highest BCUT2D eigenvalue weighted by molar-refractivity contribution is 5.78. The summed E-state index contributed by atoms with van der Waals surface area (Å²) in [5.74, 6) is 2.60. The van der Waals surface area contributed by atoms with Crippen LogP contribution in [-0.4, -0.2) is 9.55 Å². The molecule has 0 radical (unpaired) electrons. The van der Waals surface area contributed by atoms with E-state index in [0.29, 0.717) is 17.4 Å². The lowest BCUT2D eigenvalue weighted by atomic mass is 9.98. The van der Waals surface area contributed by atoms with Gasteiger partial charge >= 0.3 is 0 Å². The van der Waals surface area contributed by atoms with Crippen LogP contribution in [0.3, 0.4) is 0 Å². The number of hydrogen-bond donors (Lipinski definition) is 1. The fourth-order valence-electron chi connectivity index (χ4n) is 3.27. The van der Waals surface area contributed by atoms with Crippen LogP contribution in [0.1, 0.15) is 25.7 Å². The van der Waals surface area contributed by atoms with Gasteiger partial charge in [0.2, 0.25) is 5.95 Å². The number of halogens is 1. The lowest BCUT2D eigenvalue weighted by molar-refractivity contribution is 0.355. The van der Waals surface area contributed by atoms with Crippen LogP contribution in [0.25, 0.3) is 11.0 Å². The maximum absolute atomic E-state index is 13.7. The Hall–Kier alpha value is -1.58. The van der Waals surface area contributed by atoms with Crippen LogP contribution in [-0.2, 0) is 6.54 Å². The molecule has 100 valence electrons. The van der Waals surface area contributed by atoms with Crippen molar-refractivity contribution in [3.63, 3.8) is 0 Å². The molecular weight excluding hydrogens is 241 g/mol. The smallest absolute Gasteiger partial charge is 0.201 e. The summed E-state index contributed by atoms with van der Waals surface area (Å²) < 4.78 is 15.7. The maximum Gasteiger partial charge on any atom is 0.201 e. The van der Waals surface area contributed by atoms with Crippen LogP contribution < -0.4 is 5.73 Å². The number of imidazole rings is 1. The fraction of sp³-hybridized carbons (Fsp3) is 0.533. The second kappa shape index (κ2) is 3.95. The number of hydrogen-bond acceptors (Lipinski definition) is 2. The molecule has 0 atom stereocenters. The molecule has 1 heterocycles. The quantitative estimate of drug-likeness (QED) is 0.916. The maximum atomic E-state index is 13.7. The monoisotopic (exact) mass is 259 g/mol. The lowest BCUT2D eigenvalue weighted by Crippen LogP contribution is -2.16. The lowest BCUT2D eigenvalue weighted by Gasteiger charge is -2.17. The summed E-state index contributed by atoms with van der Waals surface area (Å²) >= 11 is 0. The van der Waals surface area contributed by atoms with Crippen LogP contribution in [0.5, 0.6) is 0 Å². The molecule has 4 heteroatoms. The highest BCUT2D eigenvalue weighted by Gasteiger charge is 2.41. The van der Waals surface area contributed by atoms with Crippen molar-refractivity contribution in [3.8, 4) is 0 Å². The predicted octanol–water partition coefficient (Wildman–Crippen LogP) is 3.19. The minimum absolute atomic E-state index is 0.280. The number of nitrogens with zero attached hydrogens (tertiary/aromatic N) is 2. The SMILES string of the molecule is Nc1nc2c(F)cccc2n1CC(C1CC1)C1CC1. The van der Waals surface area contributed by atoms with Gasteiger partial charge in [-0.2, -0.15) is 0 Å². The van der Waals surface area contributed by atoms with E-state index in [1.165, 1.54) is 31.7 Å². The number of aromatic nitrogens is 2. The molecular formula is C15H18FN3. The normalized spacial score (nSPS) is 19.5. The second-order valence-corrected chi connectivity index (χ2v) is 6.03. The molecule has 2 aromatic rings. The van der Waals surface area contributed by atoms with E-state index in [9.17, 15) is 4.39 Å². The number of fused-ring (bicyclic) bond motifs is 1. The van der Waals surface area contributed by atoms with Gasteiger partial charge < -0.3 is 10.3 Å². The third kappa shape index (κ3) is 1.90. The number of para-hydroxylation sites is 1. The number of anilines is 1. The first kappa shape index (κ1) is 11.3. The Morgan fingerprint density at radius 2 is 1.95 bits per heavy atom. The number of nitrogens with two attached hydrogens (primary N) is 1. The van der Waals surface area contributed by atoms with Gasteiger partial charge in [0.05, 0.1) is 5.52 Å². The van der Waals surface area contributed by atoms with Crippen molar-refractivity contribution in [1.29, 1.82) is 0 Å². The Labute approximate surface area is 111 Å². The Morgan fingerprint density at radius 3 is 2.58 bits per heavy atom. The van der Waals surface area contributed by atoms with Gasteiger partial charge in [-0.1, -0.05) is 6.07 Å². The van der Waals surface area contributed by atoms with Gasteiger partial charge in [0, 0.05) is 6.54 Å². The summed E-state index contributed by atoms with van der Waals surface area (Å²) in [6.07, 6.45) is 5.40. The first-order valence-electron chi connectivity index (χ1n) is 7.14. The average Bonchev–Trinajstić information content (AvgIpc) is 3.26. The Bertz CT molecular complexity index is 614. The van der Waals surface area contributed by atoms with E-state index < -0.39 is 0 Å². The van der Waals surface area contributed by atoms with Gasteiger partial charge in [-0.15, -0.1) is 0 Å². The molecule has 2 saturated carbocycles. The third-order valence-electron chi connectivity index (χ3n) is 4.61. The molecule has 0 saturated heterocycles. The molecule has 2 aliphatic rings. The zero-order chi connectivity index (χ0) is 13.0. The predicted molar refractivity (Wildman–Crippen MR) is 73.0 cm³/mol. The van der Waals surface area contributed by atoms with E-state index in [1.54, 1.807) is 6.07 Å². The molecule has 0 unspecified atom stereocenters. The largest absolute Gasteiger partial charge is 0.369 e. The number of benzene rings is 1. The molecule has 0 aliphatic heterocycles. The minimum Gasteiger partial charge on any atom is -0.369 e. The summed E-state index contributed by atoms with van der Waals surface area (Å²) in [5, 5.41) is 0. The van der Waals surface area contributed by atoms with Gasteiger partial charge in [-0.3, -0.25) is 0 Å². The molecule has 0 bridgehead atoms. The Kier molecular flexibility index (Phi) is 2.34. The molecule has 2 fully saturated rings. The Balaban J connectivity index is 1.73. The molecule has 3 nitrogen and oxygen atoms in total. The summed E-state index contributed by atoms with van der Waals surface area (Å²) in [6.45, 7) is 0.904. The van der Waals surface area contributed by atoms with Crippen molar-refractivity contribution < 1.29 is 4.39 Å². The Morgan fingerprint density at radius 1 is 1.26 bits per heavy atom. The van der Waals surface area contributed by atoms with E-state index >= 15 is 0 Å². The minimum atomic E-state index is -0.280. The standard InChI is InChI=1S/C15H18FN3/c16-12-2-1-3-13-14(12)18-15(17)19(13)8-11(9-4-5-9)10-6-7-10/h1-3,9-11H,4-8H2,(H2,17,18). The van der Waals surface area contributed by atoms with Crippen molar-refractivity contribution in [2.45, 2.75) is 32.2 Å². The topological polar surface area (TPSA) is 43.8 Å². The summed E-state index contributed by atoms with van der Waals surface area (Å²) in [5.41, 5.74) is 7.24. The van der Waals surface area contributed by atoms with Crippen LogP contribution in [0, 0.1) is 23.6 Å². The molecule has 1 aromatic carbocycles. The summed E-state index contributed by atoms with van der Waals surface area (Å²) in [7, 11) is 0. The first-order valence-corrected chi connectivity index (χ1v) is 7.14. The highest BCUT2D eigenvalue weighted by Crippen LogP contribution is 2.50. The molecule has 2 aliphatic carbocycles. The molecule has 0 amide bonds. The fourth-order valence-corrected chi connectivity index (χ4v) is 3.27.